The number of halogens is 3. The summed E-state index contributed by atoms with van der Waals surface area (Å²) in [5.74, 6) is 0.382. The van der Waals surface area contributed by atoms with E-state index >= 15 is 0 Å². The molecule has 0 saturated carbocycles. The van der Waals surface area contributed by atoms with Crippen LogP contribution in [0.3, 0.4) is 0 Å². The molecule has 0 aliphatic carbocycles. The maximum Gasteiger partial charge on any atom is 0.193 e. The maximum absolute atomic E-state index is 11.9. The third kappa shape index (κ3) is 2.69. The summed E-state index contributed by atoms with van der Waals surface area (Å²) < 4.78 is 16.7. The van der Waals surface area contributed by atoms with Crippen molar-refractivity contribution in [1.29, 1.82) is 0 Å². The topological polar surface area (TPSA) is 39.2 Å². The second-order valence-electron chi connectivity index (χ2n) is 1.90. The van der Waals surface area contributed by atoms with Gasteiger partial charge < -0.3 is 10.2 Å². The third-order valence-electron chi connectivity index (χ3n) is 1.13. The van der Waals surface area contributed by atoms with Crippen LogP contribution in [-0.4, -0.2) is 6.67 Å². The fourth-order valence-electron chi connectivity index (χ4n) is 0.604. The van der Waals surface area contributed by atoms with E-state index in [2.05, 4.69) is 0 Å². The molecule has 0 radical (unpaired) electrons. The fourth-order valence-corrected chi connectivity index (χ4v) is 0.756. The van der Waals surface area contributed by atoms with Gasteiger partial charge in [-0.1, -0.05) is 0 Å². The largest absolute Gasteiger partial charge is 0.448 e. The predicted molar refractivity (Wildman–Crippen MR) is 43.9 cm³/mol. The highest BCUT2D eigenvalue weighted by molar-refractivity contribution is 6.28. The molecule has 1 aromatic rings. The normalized spacial score (nSPS) is 12.3. The number of furan rings is 1. The minimum absolute atomic E-state index is 0. The minimum Gasteiger partial charge on any atom is -0.448 e. The Morgan fingerprint density at radius 1 is 1.64 bits per heavy atom. The van der Waals surface area contributed by atoms with Crippen LogP contribution >= 0.6 is 24.0 Å². The lowest BCUT2D eigenvalue weighted by Crippen LogP contribution is -2.10. The maximum atomic E-state index is 11.9. The summed E-state index contributed by atoms with van der Waals surface area (Å²) in [4.78, 5) is 0. The smallest absolute Gasteiger partial charge is 0.193 e. The quantitative estimate of drug-likeness (QED) is 0.795. The van der Waals surface area contributed by atoms with Crippen LogP contribution in [0.2, 0.25) is 5.22 Å². The SMILES string of the molecule is Cl.N[C@@H](CF)c1ccc(Cl)o1. The lowest BCUT2D eigenvalue weighted by molar-refractivity contribution is 0.381. The molecule has 1 atom stereocenters. The van der Waals surface area contributed by atoms with Gasteiger partial charge >= 0.3 is 0 Å². The molecule has 1 rings (SSSR count). The van der Waals surface area contributed by atoms with E-state index in [4.69, 9.17) is 21.8 Å². The van der Waals surface area contributed by atoms with Crippen LogP contribution in [0.5, 0.6) is 0 Å². The highest BCUT2D eigenvalue weighted by Crippen LogP contribution is 2.18. The molecule has 1 aromatic heterocycles. The number of nitrogens with two attached hydrogens (primary N) is 1. The third-order valence-corrected chi connectivity index (χ3v) is 1.33. The molecule has 0 aliphatic rings. The molecular formula is C6H8Cl2FNO. The zero-order chi connectivity index (χ0) is 7.56. The molecule has 2 nitrogen and oxygen atoms in total. The molecular weight excluding hydrogens is 192 g/mol. The van der Waals surface area contributed by atoms with Crippen molar-refractivity contribution in [2.75, 3.05) is 6.67 Å². The van der Waals surface area contributed by atoms with Gasteiger partial charge in [-0.3, -0.25) is 0 Å². The molecule has 0 spiro atoms. The van der Waals surface area contributed by atoms with E-state index in [-0.39, 0.29) is 17.6 Å². The van der Waals surface area contributed by atoms with Crippen molar-refractivity contribution in [3.63, 3.8) is 0 Å². The van der Waals surface area contributed by atoms with Crippen LogP contribution in [0.1, 0.15) is 11.8 Å². The zero-order valence-corrected chi connectivity index (χ0v) is 7.16. The first-order valence-corrected chi connectivity index (χ1v) is 3.18. The van der Waals surface area contributed by atoms with E-state index in [1.807, 2.05) is 0 Å². The van der Waals surface area contributed by atoms with Crippen molar-refractivity contribution in [3.05, 3.63) is 23.1 Å². The minimum atomic E-state index is -0.688. The highest BCUT2D eigenvalue weighted by Gasteiger charge is 2.08. The molecule has 1 heterocycles. The van der Waals surface area contributed by atoms with Gasteiger partial charge in [-0.15, -0.1) is 12.4 Å². The monoisotopic (exact) mass is 199 g/mol. The van der Waals surface area contributed by atoms with Gasteiger partial charge in [-0.25, -0.2) is 4.39 Å². The number of alkyl halides is 1. The summed E-state index contributed by atoms with van der Waals surface area (Å²) >= 11 is 5.42. The van der Waals surface area contributed by atoms with Crippen LogP contribution in [0.25, 0.3) is 0 Å². The Morgan fingerprint density at radius 3 is 2.64 bits per heavy atom. The lowest BCUT2D eigenvalue weighted by atomic mass is 10.3. The second-order valence-corrected chi connectivity index (χ2v) is 2.28. The molecule has 5 heteroatoms. The first-order valence-electron chi connectivity index (χ1n) is 2.81. The van der Waals surface area contributed by atoms with E-state index < -0.39 is 12.7 Å². The molecule has 0 amide bonds. The van der Waals surface area contributed by atoms with Gasteiger partial charge in [0.1, 0.15) is 12.4 Å². The Balaban J connectivity index is 0.000001000. The summed E-state index contributed by atoms with van der Waals surface area (Å²) in [7, 11) is 0. The Labute approximate surface area is 74.9 Å². The number of rotatable bonds is 2. The van der Waals surface area contributed by atoms with Gasteiger partial charge in [-0.2, -0.15) is 0 Å². The molecule has 0 unspecified atom stereocenters. The summed E-state index contributed by atoms with van der Waals surface area (Å²) in [6.07, 6.45) is 0. The van der Waals surface area contributed by atoms with Gasteiger partial charge in [0.05, 0.1) is 6.04 Å². The van der Waals surface area contributed by atoms with Gasteiger partial charge in [0.2, 0.25) is 0 Å². The van der Waals surface area contributed by atoms with Crippen molar-refractivity contribution in [2.24, 2.45) is 5.73 Å². The Hall–Kier alpha value is -0.250. The first-order chi connectivity index (χ1) is 4.74. The lowest BCUT2D eigenvalue weighted by Gasteiger charge is -1.99. The fraction of sp³-hybridized carbons (Fsp3) is 0.333. The molecule has 0 saturated heterocycles. The predicted octanol–water partition coefficient (Wildman–Crippen LogP) is 2.32. The van der Waals surface area contributed by atoms with E-state index in [1.165, 1.54) is 6.07 Å². The summed E-state index contributed by atoms with van der Waals surface area (Å²) in [5.41, 5.74) is 5.28. The van der Waals surface area contributed by atoms with Crippen LogP contribution in [0, 0.1) is 0 Å². The van der Waals surface area contributed by atoms with E-state index in [0.29, 0.717) is 5.76 Å². The van der Waals surface area contributed by atoms with Gasteiger partial charge in [-0.05, 0) is 23.7 Å². The zero-order valence-electron chi connectivity index (χ0n) is 5.59. The Morgan fingerprint density at radius 2 is 2.27 bits per heavy atom. The number of hydrogen-bond donors (Lipinski definition) is 1. The molecule has 0 fully saturated rings. The van der Waals surface area contributed by atoms with E-state index in [9.17, 15) is 4.39 Å². The van der Waals surface area contributed by atoms with Gasteiger partial charge in [0, 0.05) is 0 Å². The van der Waals surface area contributed by atoms with Crippen molar-refractivity contribution >= 4 is 24.0 Å². The highest BCUT2D eigenvalue weighted by atomic mass is 35.5. The van der Waals surface area contributed by atoms with Gasteiger partial charge in [0.25, 0.3) is 0 Å². The molecule has 0 bridgehead atoms. The van der Waals surface area contributed by atoms with Crippen molar-refractivity contribution in [2.45, 2.75) is 6.04 Å². The molecule has 0 aliphatic heterocycles. The van der Waals surface area contributed by atoms with Crippen molar-refractivity contribution < 1.29 is 8.81 Å². The number of hydrogen-bond acceptors (Lipinski definition) is 2. The average Bonchev–Trinajstić information content (AvgIpc) is 2.34. The summed E-state index contributed by atoms with van der Waals surface area (Å²) in [6.45, 7) is -0.635. The van der Waals surface area contributed by atoms with Crippen LogP contribution in [0.4, 0.5) is 4.39 Å². The van der Waals surface area contributed by atoms with Crippen LogP contribution < -0.4 is 5.73 Å². The first kappa shape index (κ1) is 10.8. The van der Waals surface area contributed by atoms with E-state index in [0.717, 1.165) is 0 Å². The summed E-state index contributed by atoms with van der Waals surface area (Å²) in [6, 6.07) is 2.41. The van der Waals surface area contributed by atoms with Gasteiger partial charge in [0.15, 0.2) is 5.22 Å². The molecule has 0 aromatic carbocycles. The van der Waals surface area contributed by atoms with Crippen molar-refractivity contribution in [1.82, 2.24) is 0 Å². The van der Waals surface area contributed by atoms with E-state index in [1.54, 1.807) is 6.07 Å². The molecule has 11 heavy (non-hydrogen) atoms. The van der Waals surface area contributed by atoms with Crippen LogP contribution in [-0.2, 0) is 0 Å². The standard InChI is InChI=1S/C6H7ClFNO.ClH/c7-6-2-1-5(10-6)4(9)3-8;/h1-2,4H,3,9H2;1H/t4-;/m0./s1. The molecule has 64 valence electrons. The average molecular weight is 200 g/mol. The van der Waals surface area contributed by atoms with Crippen molar-refractivity contribution in [3.8, 4) is 0 Å². The van der Waals surface area contributed by atoms with Crippen LogP contribution in [0.15, 0.2) is 16.5 Å². The summed E-state index contributed by atoms with van der Waals surface area (Å²) in [5, 5.41) is 0.235. The Kier molecular flexibility index (Phi) is 4.49. The second kappa shape index (κ2) is 4.59. The molecule has 2 N–H and O–H groups in total. The Bertz CT molecular complexity index is 216.